The van der Waals surface area contributed by atoms with Crippen molar-refractivity contribution in [3.05, 3.63) is 63.6 Å². The van der Waals surface area contributed by atoms with E-state index in [-0.39, 0.29) is 0 Å². The average molecular weight is 296 g/mol. The van der Waals surface area contributed by atoms with Crippen molar-refractivity contribution in [2.45, 2.75) is 6.61 Å². The number of hydrogen-bond acceptors (Lipinski definition) is 3. The molecule has 19 heavy (non-hydrogen) atoms. The molecule has 0 aromatic heterocycles. The van der Waals surface area contributed by atoms with Gasteiger partial charge in [-0.1, -0.05) is 46.6 Å². The summed E-state index contributed by atoms with van der Waals surface area (Å²) in [6.07, 6.45) is 1.27. The Morgan fingerprint density at radius 1 is 1.16 bits per heavy atom. The quantitative estimate of drug-likeness (QED) is 0.517. The first kappa shape index (κ1) is 13.7. The Kier molecular flexibility index (Phi) is 4.66. The molecule has 0 aliphatic heterocycles. The lowest BCUT2D eigenvalue weighted by Gasteiger charge is -2.10. The molecule has 3 nitrogen and oxygen atoms in total. The largest absolute Gasteiger partial charge is 0.488 e. The van der Waals surface area contributed by atoms with Gasteiger partial charge in [-0.25, -0.2) is 0 Å². The maximum atomic E-state index is 8.61. The maximum absolute atomic E-state index is 8.61. The molecule has 0 unspecified atom stereocenters. The van der Waals surface area contributed by atoms with E-state index in [0.29, 0.717) is 28.0 Å². The lowest BCUT2D eigenvalue weighted by atomic mass is 10.2. The zero-order chi connectivity index (χ0) is 13.7. The standard InChI is InChI=1S/C14H11Cl2NO2/c15-12-5-6-14(11(7-12)8-17-18)19-9-10-3-1-2-4-13(10)16/h1-8,18H,9H2/b17-8+. The smallest absolute Gasteiger partial charge is 0.128 e. The Labute approximate surface area is 121 Å². The Morgan fingerprint density at radius 3 is 2.68 bits per heavy atom. The predicted molar refractivity (Wildman–Crippen MR) is 76.6 cm³/mol. The highest BCUT2D eigenvalue weighted by molar-refractivity contribution is 6.31. The van der Waals surface area contributed by atoms with Crippen LogP contribution < -0.4 is 4.74 Å². The maximum Gasteiger partial charge on any atom is 0.128 e. The van der Waals surface area contributed by atoms with E-state index in [1.807, 2.05) is 18.2 Å². The van der Waals surface area contributed by atoms with Crippen molar-refractivity contribution in [1.82, 2.24) is 0 Å². The molecule has 0 amide bonds. The van der Waals surface area contributed by atoms with Gasteiger partial charge in [0.2, 0.25) is 0 Å². The summed E-state index contributed by atoms with van der Waals surface area (Å²) in [4.78, 5) is 0. The Morgan fingerprint density at radius 2 is 1.95 bits per heavy atom. The number of nitrogens with zero attached hydrogens (tertiary/aromatic N) is 1. The van der Waals surface area contributed by atoms with Crippen LogP contribution >= 0.6 is 23.2 Å². The highest BCUT2D eigenvalue weighted by Gasteiger charge is 2.05. The van der Waals surface area contributed by atoms with Crippen LogP contribution in [0.15, 0.2) is 47.6 Å². The normalized spacial score (nSPS) is 10.8. The number of rotatable bonds is 4. The zero-order valence-electron chi connectivity index (χ0n) is 9.88. The summed E-state index contributed by atoms with van der Waals surface area (Å²) in [6.45, 7) is 0.327. The van der Waals surface area contributed by atoms with E-state index in [9.17, 15) is 0 Å². The second kappa shape index (κ2) is 6.45. The highest BCUT2D eigenvalue weighted by atomic mass is 35.5. The van der Waals surface area contributed by atoms with E-state index in [4.69, 9.17) is 33.1 Å². The number of oxime groups is 1. The van der Waals surface area contributed by atoms with Gasteiger partial charge in [-0.3, -0.25) is 0 Å². The van der Waals surface area contributed by atoms with E-state index in [2.05, 4.69) is 5.16 Å². The zero-order valence-corrected chi connectivity index (χ0v) is 11.4. The molecule has 2 aromatic carbocycles. The van der Waals surface area contributed by atoms with Gasteiger partial charge in [0.25, 0.3) is 0 Å². The molecule has 0 saturated carbocycles. The third-order valence-corrected chi connectivity index (χ3v) is 3.11. The molecule has 0 spiro atoms. The van der Waals surface area contributed by atoms with Crippen LogP contribution in [0.5, 0.6) is 5.75 Å². The molecule has 1 N–H and O–H groups in total. The summed E-state index contributed by atoms with van der Waals surface area (Å²) >= 11 is 11.9. The summed E-state index contributed by atoms with van der Waals surface area (Å²) in [6, 6.07) is 12.5. The molecule has 2 aromatic rings. The lowest BCUT2D eigenvalue weighted by molar-refractivity contribution is 0.304. The molecule has 0 aliphatic carbocycles. The molecular weight excluding hydrogens is 285 g/mol. The van der Waals surface area contributed by atoms with Crippen molar-refractivity contribution < 1.29 is 9.94 Å². The van der Waals surface area contributed by atoms with Crippen LogP contribution in [0, 0.1) is 0 Å². The minimum Gasteiger partial charge on any atom is -0.488 e. The van der Waals surface area contributed by atoms with Gasteiger partial charge in [0.15, 0.2) is 0 Å². The van der Waals surface area contributed by atoms with Crippen LogP contribution in [0.25, 0.3) is 0 Å². The SMILES string of the molecule is O/N=C/c1cc(Cl)ccc1OCc1ccccc1Cl. The topological polar surface area (TPSA) is 41.8 Å². The lowest BCUT2D eigenvalue weighted by Crippen LogP contribution is -1.99. The Hall–Kier alpha value is -1.71. The molecule has 0 saturated heterocycles. The van der Waals surface area contributed by atoms with Gasteiger partial charge in [0.1, 0.15) is 12.4 Å². The fraction of sp³-hybridized carbons (Fsp3) is 0.0714. The van der Waals surface area contributed by atoms with Crippen LogP contribution in [0.3, 0.4) is 0 Å². The summed E-state index contributed by atoms with van der Waals surface area (Å²) in [5.41, 5.74) is 1.48. The van der Waals surface area contributed by atoms with E-state index in [1.165, 1.54) is 6.21 Å². The van der Waals surface area contributed by atoms with E-state index < -0.39 is 0 Å². The van der Waals surface area contributed by atoms with Crippen LogP contribution in [0.4, 0.5) is 0 Å². The minimum atomic E-state index is 0.327. The van der Waals surface area contributed by atoms with E-state index >= 15 is 0 Å². The summed E-state index contributed by atoms with van der Waals surface area (Å²) in [7, 11) is 0. The van der Waals surface area contributed by atoms with Gasteiger partial charge in [-0.15, -0.1) is 0 Å². The number of hydrogen-bond donors (Lipinski definition) is 1. The van der Waals surface area contributed by atoms with Gasteiger partial charge >= 0.3 is 0 Å². The summed E-state index contributed by atoms with van der Waals surface area (Å²) < 4.78 is 5.67. The Bertz CT molecular complexity index is 600. The van der Waals surface area contributed by atoms with Gasteiger partial charge in [-0.05, 0) is 24.3 Å². The molecule has 0 aliphatic rings. The van der Waals surface area contributed by atoms with Crippen LogP contribution in [0.1, 0.15) is 11.1 Å². The average Bonchev–Trinajstić information content (AvgIpc) is 2.40. The molecule has 0 atom stereocenters. The van der Waals surface area contributed by atoms with Crippen molar-refractivity contribution in [3.63, 3.8) is 0 Å². The van der Waals surface area contributed by atoms with Crippen LogP contribution in [-0.4, -0.2) is 11.4 Å². The molecule has 2 rings (SSSR count). The molecule has 98 valence electrons. The second-order valence-electron chi connectivity index (χ2n) is 3.81. The van der Waals surface area contributed by atoms with Crippen LogP contribution in [-0.2, 0) is 6.61 Å². The fourth-order valence-electron chi connectivity index (χ4n) is 1.58. The minimum absolute atomic E-state index is 0.327. The number of halogens is 2. The molecule has 0 radical (unpaired) electrons. The summed E-state index contributed by atoms with van der Waals surface area (Å²) in [5, 5.41) is 12.8. The predicted octanol–water partition coefficient (Wildman–Crippen LogP) is 4.38. The summed E-state index contributed by atoms with van der Waals surface area (Å²) in [5.74, 6) is 0.571. The van der Waals surface area contributed by atoms with Gasteiger partial charge in [0, 0.05) is 21.2 Å². The van der Waals surface area contributed by atoms with Crippen molar-refractivity contribution in [2.24, 2.45) is 5.16 Å². The number of benzene rings is 2. The molecule has 0 heterocycles. The monoisotopic (exact) mass is 295 g/mol. The second-order valence-corrected chi connectivity index (χ2v) is 4.65. The van der Waals surface area contributed by atoms with Crippen molar-refractivity contribution in [1.29, 1.82) is 0 Å². The van der Waals surface area contributed by atoms with E-state index in [0.717, 1.165) is 5.56 Å². The van der Waals surface area contributed by atoms with Crippen molar-refractivity contribution in [3.8, 4) is 5.75 Å². The molecule has 5 heteroatoms. The van der Waals surface area contributed by atoms with Crippen LogP contribution in [0.2, 0.25) is 10.0 Å². The van der Waals surface area contributed by atoms with Crippen molar-refractivity contribution >= 4 is 29.4 Å². The van der Waals surface area contributed by atoms with Gasteiger partial charge < -0.3 is 9.94 Å². The highest BCUT2D eigenvalue weighted by Crippen LogP contribution is 2.24. The molecular formula is C14H11Cl2NO2. The van der Waals surface area contributed by atoms with Gasteiger partial charge in [0.05, 0.1) is 6.21 Å². The first-order valence-electron chi connectivity index (χ1n) is 5.54. The first-order chi connectivity index (χ1) is 9.20. The molecule has 0 fully saturated rings. The number of ether oxygens (including phenoxy) is 1. The third-order valence-electron chi connectivity index (χ3n) is 2.51. The third kappa shape index (κ3) is 3.63. The Balaban J connectivity index is 2.18. The van der Waals surface area contributed by atoms with Crippen molar-refractivity contribution in [2.75, 3.05) is 0 Å². The molecule has 0 bridgehead atoms. The first-order valence-corrected chi connectivity index (χ1v) is 6.29. The van der Waals surface area contributed by atoms with E-state index in [1.54, 1.807) is 24.3 Å². The fourth-order valence-corrected chi connectivity index (χ4v) is 1.96. The van der Waals surface area contributed by atoms with Gasteiger partial charge in [-0.2, -0.15) is 0 Å².